The van der Waals surface area contributed by atoms with Crippen molar-refractivity contribution in [2.45, 2.75) is 19.4 Å². The molecule has 1 heterocycles. The molecule has 1 amide bonds. The molecule has 4 nitrogen and oxygen atoms in total. The van der Waals surface area contributed by atoms with Crippen LogP contribution in [0.2, 0.25) is 0 Å². The quantitative estimate of drug-likeness (QED) is 0.664. The molecule has 1 aliphatic rings. The van der Waals surface area contributed by atoms with E-state index in [1.165, 1.54) is 11.8 Å². The van der Waals surface area contributed by atoms with Crippen molar-refractivity contribution in [1.29, 1.82) is 0 Å². The topological polar surface area (TPSA) is 66.4 Å². The summed E-state index contributed by atoms with van der Waals surface area (Å²) < 4.78 is 0. The number of aliphatic hydroxyl groups is 1. The predicted octanol–water partition coefficient (Wildman–Crippen LogP) is -0.237. The maximum absolute atomic E-state index is 11.4. The van der Waals surface area contributed by atoms with Crippen LogP contribution in [0.1, 0.15) is 13.3 Å². The summed E-state index contributed by atoms with van der Waals surface area (Å²) >= 11 is 1.21. The van der Waals surface area contributed by atoms with Gasteiger partial charge in [-0.3, -0.25) is 9.59 Å². The van der Waals surface area contributed by atoms with Crippen LogP contribution in [0.4, 0.5) is 0 Å². The molecule has 0 bridgehead atoms. The Morgan fingerprint density at radius 2 is 2.54 bits per heavy atom. The first-order chi connectivity index (χ1) is 6.13. The van der Waals surface area contributed by atoms with Gasteiger partial charge < -0.3 is 10.4 Å². The third kappa shape index (κ3) is 3.00. The molecule has 74 valence electrons. The van der Waals surface area contributed by atoms with Crippen LogP contribution in [0.5, 0.6) is 0 Å². The number of nitrogens with one attached hydrogen (secondary N) is 1. The van der Waals surface area contributed by atoms with Crippen molar-refractivity contribution in [1.82, 2.24) is 5.32 Å². The van der Waals surface area contributed by atoms with Crippen LogP contribution in [0.3, 0.4) is 0 Å². The van der Waals surface area contributed by atoms with E-state index in [-0.39, 0.29) is 29.6 Å². The lowest BCUT2D eigenvalue weighted by Crippen LogP contribution is -2.39. The van der Waals surface area contributed by atoms with Crippen LogP contribution in [0, 0.1) is 5.92 Å². The lowest BCUT2D eigenvalue weighted by Gasteiger charge is -2.13. The van der Waals surface area contributed by atoms with Crippen LogP contribution < -0.4 is 5.32 Å². The highest BCUT2D eigenvalue weighted by Crippen LogP contribution is 2.25. The standard InChI is InChI=1S/C8H13NO3S/c1-5(3-10)9-8(12)6-2-7(11)13-4-6/h5-6,10H,2-4H2,1H3,(H,9,12). The minimum absolute atomic E-state index is 0.0699. The average Bonchev–Trinajstić information content (AvgIpc) is 2.51. The fraction of sp³-hybridized carbons (Fsp3) is 0.750. The predicted molar refractivity (Wildman–Crippen MR) is 50.3 cm³/mol. The van der Waals surface area contributed by atoms with Crippen molar-refractivity contribution < 1.29 is 14.7 Å². The van der Waals surface area contributed by atoms with Crippen molar-refractivity contribution in [3.8, 4) is 0 Å². The largest absolute Gasteiger partial charge is 0.394 e. The molecule has 0 aromatic rings. The van der Waals surface area contributed by atoms with E-state index >= 15 is 0 Å². The molecule has 0 aromatic carbocycles. The number of rotatable bonds is 3. The molecule has 1 aliphatic heterocycles. The van der Waals surface area contributed by atoms with Crippen molar-refractivity contribution in [2.75, 3.05) is 12.4 Å². The van der Waals surface area contributed by atoms with Gasteiger partial charge in [0.25, 0.3) is 0 Å². The van der Waals surface area contributed by atoms with Gasteiger partial charge in [-0.25, -0.2) is 0 Å². The lowest BCUT2D eigenvalue weighted by molar-refractivity contribution is -0.126. The van der Waals surface area contributed by atoms with Gasteiger partial charge in [0.2, 0.25) is 5.91 Å². The number of aliphatic hydroxyl groups excluding tert-OH is 1. The van der Waals surface area contributed by atoms with Gasteiger partial charge in [-0.1, -0.05) is 11.8 Å². The molecule has 2 atom stereocenters. The Bertz CT molecular complexity index is 219. The summed E-state index contributed by atoms with van der Waals surface area (Å²) in [7, 11) is 0. The van der Waals surface area contributed by atoms with Crippen LogP contribution >= 0.6 is 11.8 Å². The Kier molecular flexibility index (Phi) is 3.74. The molecule has 2 unspecified atom stereocenters. The van der Waals surface area contributed by atoms with E-state index in [0.717, 1.165) is 0 Å². The number of hydrogen-bond acceptors (Lipinski definition) is 4. The van der Waals surface area contributed by atoms with Gasteiger partial charge in [-0.05, 0) is 6.92 Å². The maximum atomic E-state index is 11.4. The summed E-state index contributed by atoms with van der Waals surface area (Å²) in [6.07, 6.45) is 0.328. The molecule has 2 N–H and O–H groups in total. The molecular formula is C8H13NO3S. The van der Waals surface area contributed by atoms with Crippen LogP contribution in [-0.2, 0) is 9.59 Å². The molecule has 1 rings (SSSR count). The highest BCUT2D eigenvalue weighted by molar-refractivity contribution is 8.14. The van der Waals surface area contributed by atoms with E-state index in [1.54, 1.807) is 6.92 Å². The summed E-state index contributed by atoms with van der Waals surface area (Å²) in [4.78, 5) is 22.2. The molecule has 0 aliphatic carbocycles. The Hall–Kier alpha value is -0.550. The fourth-order valence-electron chi connectivity index (χ4n) is 1.09. The first kappa shape index (κ1) is 10.5. The molecule has 13 heavy (non-hydrogen) atoms. The number of carbonyl (C=O) groups is 2. The van der Waals surface area contributed by atoms with E-state index < -0.39 is 0 Å². The van der Waals surface area contributed by atoms with E-state index in [1.807, 2.05) is 0 Å². The first-order valence-corrected chi connectivity index (χ1v) is 5.19. The Morgan fingerprint density at radius 3 is 3.00 bits per heavy atom. The SMILES string of the molecule is CC(CO)NC(=O)C1CSC(=O)C1. The minimum Gasteiger partial charge on any atom is -0.394 e. The smallest absolute Gasteiger partial charge is 0.224 e. The zero-order chi connectivity index (χ0) is 9.84. The van der Waals surface area contributed by atoms with Crippen molar-refractivity contribution >= 4 is 22.8 Å². The number of hydrogen-bond donors (Lipinski definition) is 2. The lowest BCUT2D eigenvalue weighted by atomic mass is 10.1. The molecule has 0 saturated carbocycles. The van der Waals surface area contributed by atoms with E-state index in [4.69, 9.17) is 5.11 Å². The first-order valence-electron chi connectivity index (χ1n) is 4.20. The zero-order valence-electron chi connectivity index (χ0n) is 7.45. The molecule has 1 saturated heterocycles. The summed E-state index contributed by atoms with van der Waals surface area (Å²) in [5.74, 6) is 0.245. The van der Waals surface area contributed by atoms with E-state index in [0.29, 0.717) is 12.2 Å². The summed E-state index contributed by atoms with van der Waals surface area (Å²) in [6, 6.07) is -0.229. The second kappa shape index (κ2) is 4.62. The van der Waals surface area contributed by atoms with Crippen LogP contribution in [-0.4, -0.2) is 34.5 Å². The van der Waals surface area contributed by atoms with Crippen molar-refractivity contribution in [2.24, 2.45) is 5.92 Å². The molecule has 0 radical (unpaired) electrons. The Morgan fingerprint density at radius 1 is 1.85 bits per heavy atom. The van der Waals surface area contributed by atoms with E-state index in [9.17, 15) is 9.59 Å². The Labute approximate surface area is 81.1 Å². The maximum Gasteiger partial charge on any atom is 0.224 e. The average molecular weight is 203 g/mol. The summed E-state index contributed by atoms with van der Waals surface area (Å²) in [5, 5.41) is 11.4. The van der Waals surface area contributed by atoms with Gasteiger partial charge in [-0.15, -0.1) is 0 Å². The minimum atomic E-state index is -0.229. The molecule has 5 heteroatoms. The van der Waals surface area contributed by atoms with Gasteiger partial charge in [0.1, 0.15) is 0 Å². The van der Waals surface area contributed by atoms with E-state index in [2.05, 4.69) is 5.32 Å². The molecule has 1 fully saturated rings. The zero-order valence-corrected chi connectivity index (χ0v) is 8.26. The van der Waals surface area contributed by atoms with Gasteiger partial charge in [0.05, 0.1) is 12.5 Å². The molecule has 0 spiro atoms. The number of thioether (sulfide) groups is 1. The highest BCUT2D eigenvalue weighted by Gasteiger charge is 2.29. The fourth-order valence-corrected chi connectivity index (χ4v) is 2.06. The number of amides is 1. The Balaban J connectivity index is 2.35. The summed E-state index contributed by atoms with van der Waals surface area (Å²) in [6.45, 7) is 1.65. The monoisotopic (exact) mass is 203 g/mol. The van der Waals surface area contributed by atoms with Crippen molar-refractivity contribution in [3.63, 3.8) is 0 Å². The van der Waals surface area contributed by atoms with Crippen LogP contribution in [0.15, 0.2) is 0 Å². The highest BCUT2D eigenvalue weighted by atomic mass is 32.2. The summed E-state index contributed by atoms with van der Waals surface area (Å²) in [5.41, 5.74) is 0. The van der Waals surface area contributed by atoms with Gasteiger partial charge in [0.15, 0.2) is 5.12 Å². The van der Waals surface area contributed by atoms with Gasteiger partial charge in [0, 0.05) is 18.2 Å². The van der Waals surface area contributed by atoms with Crippen molar-refractivity contribution in [3.05, 3.63) is 0 Å². The van der Waals surface area contributed by atoms with Crippen LogP contribution in [0.25, 0.3) is 0 Å². The number of carbonyl (C=O) groups excluding carboxylic acids is 2. The normalized spacial score (nSPS) is 24.5. The molecule has 0 aromatic heterocycles. The van der Waals surface area contributed by atoms with Gasteiger partial charge >= 0.3 is 0 Å². The third-order valence-corrected chi connectivity index (χ3v) is 2.95. The third-order valence-electron chi connectivity index (χ3n) is 1.89. The second-order valence-electron chi connectivity index (χ2n) is 3.18. The second-order valence-corrected chi connectivity index (χ2v) is 4.25. The van der Waals surface area contributed by atoms with Gasteiger partial charge in [-0.2, -0.15) is 0 Å². The molecular weight excluding hydrogens is 190 g/mol.